The third kappa shape index (κ3) is 1.50. The molecule has 0 unspecified atom stereocenters. The highest BCUT2D eigenvalue weighted by molar-refractivity contribution is 7.19. The van der Waals surface area contributed by atoms with Gasteiger partial charge in [-0.25, -0.2) is 4.98 Å². The van der Waals surface area contributed by atoms with E-state index in [2.05, 4.69) is 16.2 Å². The molecule has 0 radical (unpaired) electrons. The fourth-order valence-electron chi connectivity index (χ4n) is 1.67. The van der Waals surface area contributed by atoms with Gasteiger partial charge in [-0.2, -0.15) is 14.9 Å². The lowest BCUT2D eigenvalue weighted by Crippen LogP contribution is -1.90. The molecule has 5 heteroatoms. The summed E-state index contributed by atoms with van der Waals surface area (Å²) in [6.07, 6.45) is 0. The van der Waals surface area contributed by atoms with Gasteiger partial charge in [-0.3, -0.25) is 0 Å². The zero-order valence-corrected chi connectivity index (χ0v) is 9.90. The van der Waals surface area contributed by atoms with Gasteiger partial charge in [0.25, 0.3) is 0 Å². The SMILES string of the molecule is Cc1nc2sc(-c3ccccc3)nn2c1C#N. The van der Waals surface area contributed by atoms with Crippen molar-refractivity contribution in [3.63, 3.8) is 0 Å². The number of imidazole rings is 1. The molecule has 0 bridgehead atoms. The van der Waals surface area contributed by atoms with Crippen molar-refractivity contribution in [2.75, 3.05) is 0 Å². The molecule has 1 aromatic carbocycles. The summed E-state index contributed by atoms with van der Waals surface area (Å²) < 4.78 is 1.61. The molecular formula is C12H8N4S. The quantitative estimate of drug-likeness (QED) is 0.657. The number of benzene rings is 1. The minimum Gasteiger partial charge on any atom is -0.221 e. The van der Waals surface area contributed by atoms with Gasteiger partial charge in [-0.05, 0) is 6.92 Å². The highest BCUT2D eigenvalue weighted by atomic mass is 32.1. The molecule has 3 rings (SSSR count). The van der Waals surface area contributed by atoms with E-state index in [1.165, 1.54) is 11.3 Å². The maximum absolute atomic E-state index is 9.04. The molecule has 0 saturated heterocycles. The Morgan fingerprint density at radius 2 is 2.06 bits per heavy atom. The lowest BCUT2D eigenvalue weighted by Gasteiger charge is -1.92. The van der Waals surface area contributed by atoms with Crippen LogP contribution in [0.3, 0.4) is 0 Å². The third-order valence-corrected chi connectivity index (χ3v) is 3.46. The Morgan fingerprint density at radius 3 is 2.76 bits per heavy atom. The molecule has 4 nitrogen and oxygen atoms in total. The van der Waals surface area contributed by atoms with Gasteiger partial charge in [-0.1, -0.05) is 41.7 Å². The Morgan fingerprint density at radius 1 is 1.29 bits per heavy atom. The first kappa shape index (κ1) is 10.00. The van der Waals surface area contributed by atoms with E-state index in [9.17, 15) is 0 Å². The lowest BCUT2D eigenvalue weighted by atomic mass is 10.2. The molecule has 0 aliphatic rings. The Hall–Kier alpha value is -2.19. The van der Waals surface area contributed by atoms with Gasteiger partial charge in [0.05, 0.1) is 5.69 Å². The predicted molar refractivity (Wildman–Crippen MR) is 65.8 cm³/mol. The van der Waals surface area contributed by atoms with Crippen molar-refractivity contribution < 1.29 is 0 Å². The van der Waals surface area contributed by atoms with Crippen molar-refractivity contribution in [1.82, 2.24) is 14.6 Å². The molecule has 2 aromatic heterocycles. The standard InChI is InChI=1S/C12H8N4S/c1-8-10(7-13)16-12(14-8)17-11(15-16)9-5-3-2-4-6-9/h2-6H,1H3. The minimum atomic E-state index is 0.512. The molecule has 0 spiro atoms. The molecule has 82 valence electrons. The first-order chi connectivity index (χ1) is 8.29. The smallest absolute Gasteiger partial charge is 0.213 e. The average Bonchev–Trinajstić information content (AvgIpc) is 2.86. The van der Waals surface area contributed by atoms with Crippen LogP contribution in [0.1, 0.15) is 11.4 Å². The van der Waals surface area contributed by atoms with Crippen LogP contribution < -0.4 is 0 Å². The maximum Gasteiger partial charge on any atom is 0.213 e. The molecule has 0 amide bonds. The molecule has 17 heavy (non-hydrogen) atoms. The normalized spacial score (nSPS) is 10.6. The number of fused-ring (bicyclic) bond motifs is 1. The van der Waals surface area contributed by atoms with Crippen LogP contribution in [-0.2, 0) is 0 Å². The van der Waals surface area contributed by atoms with Crippen LogP contribution in [0.2, 0.25) is 0 Å². The first-order valence-corrected chi connectivity index (χ1v) is 5.93. The fraction of sp³-hybridized carbons (Fsp3) is 0.0833. The molecular weight excluding hydrogens is 232 g/mol. The van der Waals surface area contributed by atoms with E-state index in [0.29, 0.717) is 5.69 Å². The highest BCUT2D eigenvalue weighted by Gasteiger charge is 2.13. The number of nitrogens with zero attached hydrogens (tertiary/aromatic N) is 4. The first-order valence-electron chi connectivity index (χ1n) is 5.11. The number of hydrogen-bond donors (Lipinski definition) is 0. The molecule has 0 aliphatic heterocycles. The van der Waals surface area contributed by atoms with Crippen LogP contribution in [0.25, 0.3) is 15.5 Å². The van der Waals surface area contributed by atoms with Crippen LogP contribution >= 0.6 is 11.3 Å². The van der Waals surface area contributed by atoms with E-state index >= 15 is 0 Å². The van der Waals surface area contributed by atoms with E-state index in [1.807, 2.05) is 37.3 Å². The van der Waals surface area contributed by atoms with Crippen molar-refractivity contribution in [2.45, 2.75) is 6.92 Å². The number of hydrogen-bond acceptors (Lipinski definition) is 4. The average molecular weight is 240 g/mol. The van der Waals surface area contributed by atoms with Crippen LogP contribution in [0.5, 0.6) is 0 Å². The van der Waals surface area contributed by atoms with Gasteiger partial charge in [0.2, 0.25) is 4.96 Å². The van der Waals surface area contributed by atoms with Crippen molar-refractivity contribution in [3.8, 4) is 16.6 Å². The zero-order chi connectivity index (χ0) is 11.8. The summed E-state index contributed by atoms with van der Waals surface area (Å²) in [5, 5.41) is 14.3. The molecule has 0 saturated carbocycles. The zero-order valence-electron chi connectivity index (χ0n) is 9.08. The van der Waals surface area contributed by atoms with Gasteiger partial charge in [-0.15, -0.1) is 0 Å². The van der Waals surface area contributed by atoms with Gasteiger partial charge < -0.3 is 0 Å². The Balaban J connectivity index is 2.22. The monoisotopic (exact) mass is 240 g/mol. The van der Waals surface area contributed by atoms with Crippen molar-refractivity contribution >= 4 is 16.3 Å². The third-order valence-electron chi connectivity index (χ3n) is 2.50. The second-order valence-electron chi connectivity index (χ2n) is 3.63. The summed E-state index contributed by atoms with van der Waals surface area (Å²) in [4.78, 5) is 5.09. The Kier molecular flexibility index (Phi) is 2.16. The van der Waals surface area contributed by atoms with E-state index < -0.39 is 0 Å². The maximum atomic E-state index is 9.04. The fourth-order valence-corrected chi connectivity index (χ4v) is 2.63. The second-order valence-corrected chi connectivity index (χ2v) is 4.58. The van der Waals surface area contributed by atoms with Crippen molar-refractivity contribution in [3.05, 3.63) is 41.7 Å². The largest absolute Gasteiger partial charge is 0.221 e. The number of aryl methyl sites for hydroxylation is 1. The van der Waals surface area contributed by atoms with Crippen LogP contribution in [0.4, 0.5) is 0 Å². The van der Waals surface area contributed by atoms with Crippen molar-refractivity contribution in [2.24, 2.45) is 0 Å². The summed E-state index contributed by atoms with van der Waals surface area (Å²) in [5.74, 6) is 0. The Bertz CT molecular complexity index is 718. The van der Waals surface area contributed by atoms with Crippen molar-refractivity contribution in [1.29, 1.82) is 5.26 Å². The van der Waals surface area contributed by atoms with E-state index in [4.69, 9.17) is 5.26 Å². The van der Waals surface area contributed by atoms with Gasteiger partial charge >= 0.3 is 0 Å². The van der Waals surface area contributed by atoms with Gasteiger partial charge in [0.1, 0.15) is 11.1 Å². The summed E-state index contributed by atoms with van der Waals surface area (Å²) in [5.41, 5.74) is 2.29. The van der Waals surface area contributed by atoms with Gasteiger partial charge in [0, 0.05) is 5.56 Å². The number of nitriles is 1. The minimum absolute atomic E-state index is 0.512. The molecule has 0 atom stereocenters. The molecule has 2 heterocycles. The predicted octanol–water partition coefficient (Wildman–Crippen LogP) is 2.64. The molecule has 0 fully saturated rings. The van der Waals surface area contributed by atoms with Gasteiger partial charge in [0.15, 0.2) is 5.69 Å². The molecule has 0 N–H and O–H groups in total. The highest BCUT2D eigenvalue weighted by Crippen LogP contribution is 2.26. The summed E-state index contributed by atoms with van der Waals surface area (Å²) in [6.45, 7) is 1.82. The molecule has 3 aromatic rings. The lowest BCUT2D eigenvalue weighted by molar-refractivity contribution is 0.955. The van der Waals surface area contributed by atoms with Crippen LogP contribution in [0, 0.1) is 18.3 Å². The van der Waals surface area contributed by atoms with E-state index in [0.717, 1.165) is 21.2 Å². The van der Waals surface area contributed by atoms with E-state index in [1.54, 1.807) is 4.52 Å². The number of aromatic nitrogens is 3. The van der Waals surface area contributed by atoms with Crippen LogP contribution in [0.15, 0.2) is 30.3 Å². The summed E-state index contributed by atoms with van der Waals surface area (Å²) in [7, 11) is 0. The van der Waals surface area contributed by atoms with Crippen LogP contribution in [-0.4, -0.2) is 14.6 Å². The Labute approximate surface area is 102 Å². The second kappa shape index (κ2) is 3.68. The topological polar surface area (TPSA) is 54.0 Å². The molecule has 0 aliphatic carbocycles. The summed E-state index contributed by atoms with van der Waals surface area (Å²) in [6, 6.07) is 12.0. The number of rotatable bonds is 1. The summed E-state index contributed by atoms with van der Waals surface area (Å²) >= 11 is 1.49. The van der Waals surface area contributed by atoms with E-state index in [-0.39, 0.29) is 0 Å².